The summed E-state index contributed by atoms with van der Waals surface area (Å²) in [6.07, 6.45) is 0. The van der Waals surface area contributed by atoms with Gasteiger partial charge in [0.15, 0.2) is 0 Å². The van der Waals surface area contributed by atoms with E-state index in [4.69, 9.17) is 14.2 Å². The molecule has 0 saturated carbocycles. The zero-order chi connectivity index (χ0) is 16.3. The zero-order valence-electron chi connectivity index (χ0n) is 12.8. The Kier molecular flexibility index (Phi) is 8.86. The first kappa shape index (κ1) is 18.6. The lowest BCUT2D eigenvalue weighted by atomic mass is 10.2. The maximum Gasteiger partial charge on any atom is 0.0718 e. The van der Waals surface area contributed by atoms with E-state index in [-0.39, 0.29) is 0 Å². The van der Waals surface area contributed by atoms with E-state index in [1.807, 2.05) is 48.5 Å². The summed E-state index contributed by atoms with van der Waals surface area (Å²) in [5, 5.41) is 0. The standard InChI is InChI=1S/C18H20Br2O3/c19-17-5-1-15(2-6-17)13-22-11-9-21-10-12-23-14-16-3-7-18(20)8-4-16/h1-8H,9-14H2. The smallest absolute Gasteiger partial charge is 0.0718 e. The van der Waals surface area contributed by atoms with Crippen LogP contribution >= 0.6 is 31.9 Å². The van der Waals surface area contributed by atoms with Gasteiger partial charge >= 0.3 is 0 Å². The molecule has 0 amide bonds. The fourth-order valence-corrected chi connectivity index (χ4v) is 2.41. The molecule has 2 aromatic rings. The third-order valence-corrected chi connectivity index (χ3v) is 4.17. The van der Waals surface area contributed by atoms with Crippen LogP contribution in [-0.2, 0) is 27.4 Å². The Balaban J connectivity index is 1.43. The molecule has 0 aromatic heterocycles. The summed E-state index contributed by atoms with van der Waals surface area (Å²) in [6.45, 7) is 3.55. The highest BCUT2D eigenvalue weighted by molar-refractivity contribution is 9.10. The monoisotopic (exact) mass is 442 g/mol. The number of rotatable bonds is 10. The van der Waals surface area contributed by atoms with Gasteiger partial charge in [0.25, 0.3) is 0 Å². The SMILES string of the molecule is Brc1ccc(COCCOCCOCc2ccc(Br)cc2)cc1. The normalized spacial score (nSPS) is 10.9. The summed E-state index contributed by atoms with van der Waals surface area (Å²) in [5.74, 6) is 0. The van der Waals surface area contributed by atoms with Gasteiger partial charge in [-0.05, 0) is 35.4 Å². The second-order valence-corrected chi connectivity index (χ2v) is 6.80. The van der Waals surface area contributed by atoms with Crippen molar-refractivity contribution >= 4 is 31.9 Å². The van der Waals surface area contributed by atoms with Gasteiger partial charge in [-0.25, -0.2) is 0 Å². The topological polar surface area (TPSA) is 27.7 Å². The predicted molar refractivity (Wildman–Crippen MR) is 98.4 cm³/mol. The Morgan fingerprint density at radius 2 is 0.870 bits per heavy atom. The molecule has 5 heteroatoms. The average molecular weight is 444 g/mol. The Morgan fingerprint density at radius 3 is 1.26 bits per heavy atom. The van der Waals surface area contributed by atoms with E-state index < -0.39 is 0 Å². The second-order valence-electron chi connectivity index (χ2n) is 4.97. The predicted octanol–water partition coefficient (Wildman–Crippen LogP) is 4.96. The van der Waals surface area contributed by atoms with Gasteiger partial charge in [-0.2, -0.15) is 0 Å². The lowest BCUT2D eigenvalue weighted by Crippen LogP contribution is -2.09. The molecule has 0 aliphatic heterocycles. The van der Waals surface area contributed by atoms with Crippen molar-refractivity contribution in [2.75, 3.05) is 26.4 Å². The lowest BCUT2D eigenvalue weighted by molar-refractivity contribution is 0.00704. The molecular weight excluding hydrogens is 424 g/mol. The van der Waals surface area contributed by atoms with Crippen LogP contribution in [0.5, 0.6) is 0 Å². The van der Waals surface area contributed by atoms with Gasteiger partial charge in [0.2, 0.25) is 0 Å². The molecule has 0 bridgehead atoms. The number of halogens is 2. The maximum atomic E-state index is 5.56. The van der Waals surface area contributed by atoms with Gasteiger partial charge in [0, 0.05) is 8.95 Å². The highest BCUT2D eigenvalue weighted by atomic mass is 79.9. The summed E-state index contributed by atoms with van der Waals surface area (Å²) in [4.78, 5) is 0. The molecule has 2 rings (SSSR count). The van der Waals surface area contributed by atoms with E-state index >= 15 is 0 Å². The summed E-state index contributed by atoms with van der Waals surface area (Å²) >= 11 is 6.82. The first-order chi connectivity index (χ1) is 11.2. The van der Waals surface area contributed by atoms with Gasteiger partial charge in [0.1, 0.15) is 0 Å². The van der Waals surface area contributed by atoms with Crippen LogP contribution in [0.2, 0.25) is 0 Å². The molecule has 23 heavy (non-hydrogen) atoms. The Morgan fingerprint density at radius 1 is 0.522 bits per heavy atom. The van der Waals surface area contributed by atoms with Gasteiger partial charge in [-0.15, -0.1) is 0 Å². The second kappa shape index (κ2) is 10.9. The highest BCUT2D eigenvalue weighted by Crippen LogP contribution is 2.11. The molecule has 3 nitrogen and oxygen atoms in total. The van der Waals surface area contributed by atoms with Gasteiger partial charge in [-0.3, -0.25) is 0 Å². The molecule has 0 saturated heterocycles. The number of hydrogen-bond donors (Lipinski definition) is 0. The van der Waals surface area contributed by atoms with Crippen molar-refractivity contribution in [3.63, 3.8) is 0 Å². The molecule has 2 aromatic carbocycles. The van der Waals surface area contributed by atoms with Crippen LogP contribution in [0.25, 0.3) is 0 Å². The van der Waals surface area contributed by atoms with Gasteiger partial charge in [0.05, 0.1) is 39.6 Å². The van der Waals surface area contributed by atoms with E-state index in [2.05, 4.69) is 31.9 Å². The average Bonchev–Trinajstić information content (AvgIpc) is 2.56. The van der Waals surface area contributed by atoms with E-state index in [1.165, 1.54) is 0 Å². The van der Waals surface area contributed by atoms with Crippen molar-refractivity contribution in [1.82, 2.24) is 0 Å². The summed E-state index contributed by atoms with van der Waals surface area (Å²) in [6, 6.07) is 16.2. The van der Waals surface area contributed by atoms with Crippen LogP contribution in [0.4, 0.5) is 0 Å². The first-order valence-corrected chi connectivity index (χ1v) is 9.05. The summed E-state index contributed by atoms with van der Waals surface area (Å²) in [5.41, 5.74) is 2.32. The first-order valence-electron chi connectivity index (χ1n) is 7.46. The minimum absolute atomic E-state index is 0.582. The molecule has 0 fully saturated rings. The lowest BCUT2D eigenvalue weighted by Gasteiger charge is -2.07. The van der Waals surface area contributed by atoms with Crippen LogP contribution in [0.3, 0.4) is 0 Å². The number of ether oxygens (including phenoxy) is 3. The molecule has 0 spiro atoms. The largest absolute Gasteiger partial charge is 0.377 e. The number of benzene rings is 2. The van der Waals surface area contributed by atoms with E-state index in [0.29, 0.717) is 39.6 Å². The quantitative estimate of drug-likeness (QED) is 0.485. The van der Waals surface area contributed by atoms with Crippen LogP contribution in [0, 0.1) is 0 Å². The van der Waals surface area contributed by atoms with Crippen LogP contribution in [0.1, 0.15) is 11.1 Å². The highest BCUT2D eigenvalue weighted by Gasteiger charge is 1.96. The summed E-state index contributed by atoms with van der Waals surface area (Å²) in [7, 11) is 0. The Labute approximate surface area is 154 Å². The fourth-order valence-electron chi connectivity index (χ4n) is 1.88. The van der Waals surface area contributed by atoms with Crippen LogP contribution in [0.15, 0.2) is 57.5 Å². The molecule has 0 aliphatic carbocycles. The summed E-state index contributed by atoms with van der Waals surface area (Å²) < 4.78 is 18.8. The molecule has 0 unspecified atom stereocenters. The molecule has 0 atom stereocenters. The Hall–Kier alpha value is -0.720. The van der Waals surface area contributed by atoms with E-state index in [1.54, 1.807) is 0 Å². The van der Waals surface area contributed by atoms with Crippen molar-refractivity contribution in [1.29, 1.82) is 0 Å². The molecule has 124 valence electrons. The van der Waals surface area contributed by atoms with E-state index in [9.17, 15) is 0 Å². The molecular formula is C18H20Br2O3. The molecule has 0 aliphatic rings. The van der Waals surface area contributed by atoms with Crippen LogP contribution in [-0.4, -0.2) is 26.4 Å². The van der Waals surface area contributed by atoms with Gasteiger partial charge in [-0.1, -0.05) is 56.1 Å². The maximum absolute atomic E-state index is 5.56. The number of hydrogen-bond acceptors (Lipinski definition) is 3. The van der Waals surface area contributed by atoms with Crippen molar-refractivity contribution in [3.05, 3.63) is 68.6 Å². The zero-order valence-corrected chi connectivity index (χ0v) is 16.0. The minimum atomic E-state index is 0.582. The fraction of sp³-hybridized carbons (Fsp3) is 0.333. The van der Waals surface area contributed by atoms with Crippen LogP contribution < -0.4 is 0 Å². The molecule has 0 N–H and O–H groups in total. The Bertz CT molecular complexity index is 504. The molecule has 0 heterocycles. The molecule has 0 radical (unpaired) electrons. The van der Waals surface area contributed by atoms with Crippen molar-refractivity contribution in [2.45, 2.75) is 13.2 Å². The van der Waals surface area contributed by atoms with Crippen molar-refractivity contribution in [3.8, 4) is 0 Å². The van der Waals surface area contributed by atoms with Gasteiger partial charge < -0.3 is 14.2 Å². The van der Waals surface area contributed by atoms with E-state index in [0.717, 1.165) is 20.1 Å². The third-order valence-electron chi connectivity index (χ3n) is 3.11. The van der Waals surface area contributed by atoms with Crippen molar-refractivity contribution < 1.29 is 14.2 Å². The van der Waals surface area contributed by atoms with Crippen molar-refractivity contribution in [2.24, 2.45) is 0 Å². The third kappa shape index (κ3) is 8.08. The minimum Gasteiger partial charge on any atom is -0.377 e.